The highest BCUT2D eigenvalue weighted by atomic mass is 16.2. The average Bonchev–Trinajstić information content (AvgIpc) is 2.87. The van der Waals surface area contributed by atoms with Crippen molar-refractivity contribution in [3.63, 3.8) is 0 Å². The summed E-state index contributed by atoms with van der Waals surface area (Å²) in [6.07, 6.45) is 8.25. The van der Waals surface area contributed by atoms with Gasteiger partial charge in [0.1, 0.15) is 0 Å². The molecule has 1 aromatic rings. The van der Waals surface area contributed by atoms with Gasteiger partial charge in [-0.2, -0.15) is 0 Å². The number of nitrogens with zero attached hydrogens (tertiary/aromatic N) is 3. The van der Waals surface area contributed by atoms with Gasteiger partial charge in [-0.25, -0.2) is 0 Å². The number of rotatable bonds is 4. The third-order valence-corrected chi connectivity index (χ3v) is 6.47. The molecule has 5 heteroatoms. The molecule has 0 unspecified atom stereocenters. The first kappa shape index (κ1) is 18.5. The zero-order valence-corrected chi connectivity index (χ0v) is 16.2. The highest BCUT2D eigenvalue weighted by molar-refractivity contribution is 5.98. The molecule has 0 atom stereocenters. The highest BCUT2D eigenvalue weighted by Gasteiger charge is 2.28. The summed E-state index contributed by atoms with van der Waals surface area (Å²) in [6, 6.07) is 8.49. The third kappa shape index (κ3) is 4.18. The summed E-state index contributed by atoms with van der Waals surface area (Å²) < 4.78 is 0. The largest absolute Gasteiger partial charge is 0.341 e. The Labute approximate surface area is 162 Å². The second-order valence-electron chi connectivity index (χ2n) is 8.20. The summed E-state index contributed by atoms with van der Waals surface area (Å²) in [5.74, 6) is 0.266. The van der Waals surface area contributed by atoms with Crippen molar-refractivity contribution >= 4 is 11.8 Å². The molecule has 0 radical (unpaired) electrons. The van der Waals surface area contributed by atoms with Crippen molar-refractivity contribution in [2.24, 2.45) is 0 Å². The highest BCUT2D eigenvalue weighted by Crippen LogP contribution is 2.24. The van der Waals surface area contributed by atoms with E-state index in [9.17, 15) is 9.59 Å². The van der Waals surface area contributed by atoms with Gasteiger partial charge in [0.25, 0.3) is 5.91 Å². The number of benzene rings is 1. The number of carbonyl (C=O) groups is 2. The van der Waals surface area contributed by atoms with Crippen LogP contribution in [0.15, 0.2) is 24.3 Å². The molecule has 4 rings (SSSR count). The molecule has 2 amide bonds. The lowest BCUT2D eigenvalue weighted by Crippen LogP contribution is -2.41. The molecule has 1 aromatic carbocycles. The number of fused-ring (bicyclic) bond motifs is 1. The van der Waals surface area contributed by atoms with Crippen molar-refractivity contribution in [1.29, 1.82) is 0 Å². The first-order chi connectivity index (χ1) is 13.2. The van der Waals surface area contributed by atoms with E-state index in [2.05, 4.69) is 4.90 Å². The molecule has 0 aromatic heterocycles. The Morgan fingerprint density at radius 2 is 1.78 bits per heavy atom. The van der Waals surface area contributed by atoms with Gasteiger partial charge in [-0.3, -0.25) is 14.5 Å². The maximum atomic E-state index is 12.7. The number of hydrogen-bond acceptors (Lipinski definition) is 3. The molecule has 2 aliphatic heterocycles. The zero-order valence-electron chi connectivity index (χ0n) is 16.2. The molecular formula is C22H31N3O2. The Balaban J connectivity index is 1.26. The first-order valence-electron chi connectivity index (χ1n) is 10.6. The van der Waals surface area contributed by atoms with Crippen molar-refractivity contribution < 1.29 is 9.59 Å². The molecule has 5 nitrogen and oxygen atoms in total. The van der Waals surface area contributed by atoms with Gasteiger partial charge in [0.05, 0.1) is 0 Å². The molecule has 2 heterocycles. The van der Waals surface area contributed by atoms with Crippen molar-refractivity contribution in [3.05, 3.63) is 35.4 Å². The quantitative estimate of drug-likeness (QED) is 0.820. The van der Waals surface area contributed by atoms with Gasteiger partial charge in [-0.15, -0.1) is 0 Å². The molecule has 1 saturated heterocycles. The van der Waals surface area contributed by atoms with Gasteiger partial charge >= 0.3 is 0 Å². The smallest absolute Gasteiger partial charge is 0.254 e. The normalized spacial score (nSPS) is 22.0. The Hall–Kier alpha value is -1.88. The van der Waals surface area contributed by atoms with Crippen molar-refractivity contribution in [3.8, 4) is 0 Å². The Morgan fingerprint density at radius 1 is 0.963 bits per heavy atom. The Kier molecular flexibility index (Phi) is 5.77. The lowest BCUT2D eigenvalue weighted by atomic mass is 9.94. The summed E-state index contributed by atoms with van der Waals surface area (Å²) in [7, 11) is 0. The molecular weight excluding hydrogens is 338 g/mol. The minimum absolute atomic E-state index is 0.0674. The molecule has 1 aliphatic carbocycles. The second kappa shape index (κ2) is 8.42. The minimum Gasteiger partial charge on any atom is -0.341 e. The number of amides is 2. The van der Waals surface area contributed by atoms with Crippen molar-refractivity contribution in [1.82, 2.24) is 14.7 Å². The van der Waals surface area contributed by atoms with Crippen LogP contribution in [0.2, 0.25) is 0 Å². The van der Waals surface area contributed by atoms with Gasteiger partial charge < -0.3 is 9.80 Å². The summed E-state index contributed by atoms with van der Waals surface area (Å²) in [4.78, 5) is 31.6. The molecule has 0 spiro atoms. The fraction of sp³-hybridized carbons (Fsp3) is 0.636. The van der Waals surface area contributed by atoms with E-state index in [0.29, 0.717) is 19.5 Å². The van der Waals surface area contributed by atoms with Crippen LogP contribution in [-0.2, 0) is 11.3 Å². The number of hydrogen-bond donors (Lipinski definition) is 0. The molecule has 1 saturated carbocycles. The van der Waals surface area contributed by atoms with E-state index >= 15 is 0 Å². The zero-order chi connectivity index (χ0) is 18.6. The fourth-order valence-corrected chi connectivity index (χ4v) is 4.88. The maximum absolute atomic E-state index is 12.7. The SMILES string of the molecule is O=C(CCN1Cc2ccccc2C1=O)N1CCCN(C2CCCCC2)CC1. The van der Waals surface area contributed by atoms with Crippen LogP contribution in [0.5, 0.6) is 0 Å². The Bertz CT molecular complexity index is 684. The van der Waals surface area contributed by atoms with Gasteiger partial charge in [0.2, 0.25) is 5.91 Å². The summed E-state index contributed by atoms with van der Waals surface area (Å²) in [6.45, 7) is 4.98. The van der Waals surface area contributed by atoms with Crippen molar-refractivity contribution in [2.45, 2.75) is 57.5 Å². The van der Waals surface area contributed by atoms with Gasteiger partial charge in [-0.05, 0) is 30.9 Å². The van der Waals surface area contributed by atoms with Crippen LogP contribution in [0.25, 0.3) is 0 Å². The van der Waals surface area contributed by atoms with Crippen LogP contribution in [0, 0.1) is 0 Å². The van der Waals surface area contributed by atoms with Crippen LogP contribution in [0.1, 0.15) is 60.9 Å². The van der Waals surface area contributed by atoms with Crippen LogP contribution >= 0.6 is 0 Å². The van der Waals surface area contributed by atoms with E-state index in [1.54, 1.807) is 0 Å². The molecule has 3 aliphatic rings. The molecule has 2 fully saturated rings. The second-order valence-corrected chi connectivity index (χ2v) is 8.20. The lowest BCUT2D eigenvalue weighted by molar-refractivity contribution is -0.131. The van der Waals surface area contributed by atoms with Gasteiger partial charge in [-0.1, -0.05) is 37.5 Å². The topological polar surface area (TPSA) is 43.9 Å². The molecule has 27 heavy (non-hydrogen) atoms. The van der Waals surface area contributed by atoms with E-state index in [4.69, 9.17) is 0 Å². The third-order valence-electron chi connectivity index (χ3n) is 6.47. The maximum Gasteiger partial charge on any atom is 0.254 e. The fourth-order valence-electron chi connectivity index (χ4n) is 4.88. The summed E-state index contributed by atoms with van der Waals surface area (Å²) in [5.41, 5.74) is 1.87. The average molecular weight is 370 g/mol. The van der Waals surface area contributed by atoms with E-state index in [1.165, 1.54) is 32.1 Å². The van der Waals surface area contributed by atoms with Gasteiger partial charge in [0, 0.05) is 57.3 Å². The van der Waals surface area contributed by atoms with E-state index in [-0.39, 0.29) is 11.8 Å². The van der Waals surface area contributed by atoms with Gasteiger partial charge in [0.15, 0.2) is 0 Å². The molecule has 146 valence electrons. The number of carbonyl (C=O) groups excluding carboxylic acids is 2. The predicted octanol–water partition coefficient (Wildman–Crippen LogP) is 2.90. The standard InChI is InChI=1S/C22H31N3O2/c26-21(11-14-25-17-18-7-4-5-10-20(18)22(25)27)24-13-6-12-23(15-16-24)19-8-2-1-3-9-19/h4-5,7,10,19H,1-3,6,8-9,11-17H2. The van der Waals surface area contributed by atoms with E-state index in [1.807, 2.05) is 34.1 Å². The predicted molar refractivity (Wildman–Crippen MR) is 105 cm³/mol. The van der Waals surface area contributed by atoms with E-state index < -0.39 is 0 Å². The summed E-state index contributed by atoms with van der Waals surface area (Å²) in [5, 5.41) is 0. The molecule has 0 N–H and O–H groups in total. The Morgan fingerprint density at radius 3 is 2.59 bits per heavy atom. The van der Waals surface area contributed by atoms with Crippen LogP contribution in [0.3, 0.4) is 0 Å². The van der Waals surface area contributed by atoms with Crippen molar-refractivity contribution in [2.75, 3.05) is 32.7 Å². The lowest BCUT2D eigenvalue weighted by Gasteiger charge is -2.33. The first-order valence-corrected chi connectivity index (χ1v) is 10.6. The minimum atomic E-state index is 0.0674. The van der Waals surface area contributed by atoms with Crippen LogP contribution in [-0.4, -0.2) is 65.3 Å². The van der Waals surface area contributed by atoms with Crippen LogP contribution in [0.4, 0.5) is 0 Å². The molecule has 0 bridgehead atoms. The van der Waals surface area contributed by atoms with Crippen LogP contribution < -0.4 is 0 Å². The monoisotopic (exact) mass is 369 g/mol. The summed E-state index contributed by atoms with van der Waals surface area (Å²) >= 11 is 0. The van der Waals surface area contributed by atoms with E-state index in [0.717, 1.165) is 49.8 Å².